The summed E-state index contributed by atoms with van der Waals surface area (Å²) in [7, 11) is 7.50. The lowest BCUT2D eigenvalue weighted by Crippen LogP contribution is -2.45. The lowest BCUT2D eigenvalue weighted by molar-refractivity contribution is 0.00198. The van der Waals surface area contributed by atoms with Crippen LogP contribution in [0.3, 0.4) is 0 Å². The second-order valence-corrected chi connectivity index (χ2v) is 6.33. The molecule has 0 aromatic heterocycles. The molecule has 0 N–H and O–H groups in total. The van der Waals surface area contributed by atoms with Crippen molar-refractivity contribution in [1.29, 1.82) is 0 Å². The first-order chi connectivity index (χ1) is 12.1. The van der Waals surface area contributed by atoms with E-state index in [2.05, 4.69) is 50.2 Å². The van der Waals surface area contributed by atoms with Crippen LogP contribution in [-0.4, -0.2) is 39.8 Å². The van der Waals surface area contributed by atoms with Crippen LogP contribution in [0.4, 0.5) is 0 Å². The fourth-order valence-corrected chi connectivity index (χ4v) is 3.15. The van der Waals surface area contributed by atoms with Gasteiger partial charge in [0.05, 0.1) is 33.0 Å². The summed E-state index contributed by atoms with van der Waals surface area (Å²) in [5.74, 6) is 1.45. The van der Waals surface area contributed by atoms with Gasteiger partial charge >= 0.3 is 0 Å². The van der Waals surface area contributed by atoms with Crippen molar-refractivity contribution in [3.05, 3.63) is 59.7 Å². The topological polar surface area (TPSA) is 30.9 Å². The molecule has 0 heterocycles. The maximum Gasteiger partial charge on any atom is 0.161 e. The normalized spacial score (nSPS) is 13.5. The van der Waals surface area contributed by atoms with E-state index in [1.54, 1.807) is 14.2 Å². The van der Waals surface area contributed by atoms with Gasteiger partial charge in [-0.05, 0) is 43.8 Å². The van der Waals surface area contributed by atoms with E-state index in [4.69, 9.17) is 14.2 Å². The van der Waals surface area contributed by atoms with Gasteiger partial charge in [-0.1, -0.05) is 43.3 Å². The predicted molar refractivity (Wildman–Crippen MR) is 101 cm³/mol. The van der Waals surface area contributed by atoms with E-state index in [9.17, 15) is 0 Å². The Hall–Kier alpha value is -2.04. The first-order valence-electron chi connectivity index (χ1n) is 8.59. The molecule has 4 heteroatoms. The summed E-state index contributed by atoms with van der Waals surface area (Å²) in [6, 6.07) is 16.4. The maximum absolute atomic E-state index is 6.13. The zero-order valence-corrected chi connectivity index (χ0v) is 15.9. The third-order valence-corrected chi connectivity index (χ3v) is 4.81. The molecule has 0 spiro atoms. The number of benzene rings is 2. The minimum Gasteiger partial charge on any atom is -0.493 e. The lowest BCUT2D eigenvalue weighted by Gasteiger charge is -2.39. The van der Waals surface area contributed by atoms with Gasteiger partial charge in [0.2, 0.25) is 0 Å². The molecular weight excluding hydrogens is 314 g/mol. The molecule has 0 aliphatic heterocycles. The Labute approximate surface area is 151 Å². The van der Waals surface area contributed by atoms with Crippen molar-refractivity contribution in [2.45, 2.75) is 25.5 Å². The molecule has 0 saturated heterocycles. The van der Waals surface area contributed by atoms with Crippen LogP contribution in [0.15, 0.2) is 48.5 Å². The molecule has 0 amide bonds. The molecule has 0 radical (unpaired) electrons. The molecule has 1 unspecified atom stereocenters. The van der Waals surface area contributed by atoms with Crippen LogP contribution in [0, 0.1) is 0 Å². The van der Waals surface area contributed by atoms with Gasteiger partial charge in [-0.3, -0.25) is 4.90 Å². The molecular formula is C21H29NO3. The van der Waals surface area contributed by atoms with Crippen LogP contribution in [-0.2, 0) is 16.9 Å². The van der Waals surface area contributed by atoms with Crippen LogP contribution in [0.2, 0.25) is 0 Å². The molecule has 2 aromatic rings. The second-order valence-electron chi connectivity index (χ2n) is 6.33. The maximum atomic E-state index is 6.13. The minimum absolute atomic E-state index is 0.141. The lowest BCUT2D eigenvalue weighted by atomic mass is 9.87. The highest BCUT2D eigenvalue weighted by Crippen LogP contribution is 2.32. The number of methoxy groups -OCH3 is 2. The molecule has 4 nitrogen and oxygen atoms in total. The summed E-state index contributed by atoms with van der Waals surface area (Å²) in [4.78, 5) is 2.25. The molecule has 1 atom stereocenters. The number of nitrogens with zero attached hydrogens (tertiary/aromatic N) is 1. The van der Waals surface area contributed by atoms with E-state index in [-0.39, 0.29) is 5.54 Å². The number of likely N-dealkylation sites (N-methyl/N-ethyl adjacent to an activating group) is 1. The van der Waals surface area contributed by atoms with Crippen LogP contribution >= 0.6 is 0 Å². The van der Waals surface area contributed by atoms with Gasteiger partial charge in [0.1, 0.15) is 0 Å². The average molecular weight is 343 g/mol. The first kappa shape index (κ1) is 19.3. The standard InChI is InChI=1S/C21H29NO3/c1-6-21(22(2)3,18-10-8-7-9-11-18)16-25-15-17-12-13-19(23-4)20(14-17)24-5/h7-14H,6,15-16H2,1-5H3. The van der Waals surface area contributed by atoms with Gasteiger partial charge in [-0.15, -0.1) is 0 Å². The zero-order valence-electron chi connectivity index (χ0n) is 15.9. The molecule has 0 aliphatic rings. The van der Waals surface area contributed by atoms with E-state index in [0.717, 1.165) is 23.5 Å². The van der Waals surface area contributed by atoms with E-state index in [1.165, 1.54) is 5.56 Å². The molecule has 0 aliphatic carbocycles. The first-order valence-corrected chi connectivity index (χ1v) is 8.59. The molecule has 2 aromatic carbocycles. The monoisotopic (exact) mass is 343 g/mol. The van der Waals surface area contributed by atoms with Gasteiger partial charge < -0.3 is 14.2 Å². The number of hydrogen-bond acceptors (Lipinski definition) is 4. The molecule has 136 valence electrons. The smallest absolute Gasteiger partial charge is 0.161 e. The molecule has 25 heavy (non-hydrogen) atoms. The average Bonchev–Trinajstić information content (AvgIpc) is 2.65. The summed E-state index contributed by atoms with van der Waals surface area (Å²) in [6.45, 7) is 3.35. The summed E-state index contributed by atoms with van der Waals surface area (Å²) < 4.78 is 16.8. The van der Waals surface area contributed by atoms with Crippen molar-refractivity contribution >= 4 is 0 Å². The van der Waals surface area contributed by atoms with Gasteiger partial charge in [-0.2, -0.15) is 0 Å². The van der Waals surface area contributed by atoms with Crippen LogP contribution in [0.25, 0.3) is 0 Å². The highest BCUT2D eigenvalue weighted by molar-refractivity contribution is 5.42. The van der Waals surface area contributed by atoms with Gasteiger partial charge in [-0.25, -0.2) is 0 Å². The van der Waals surface area contributed by atoms with Gasteiger partial charge in [0, 0.05) is 0 Å². The highest BCUT2D eigenvalue weighted by atomic mass is 16.5. The summed E-state index contributed by atoms with van der Waals surface area (Å²) >= 11 is 0. The summed E-state index contributed by atoms with van der Waals surface area (Å²) in [6.07, 6.45) is 0.968. The Morgan fingerprint density at radius 3 is 2.16 bits per heavy atom. The highest BCUT2D eigenvalue weighted by Gasteiger charge is 2.33. The van der Waals surface area contributed by atoms with Gasteiger partial charge in [0.15, 0.2) is 11.5 Å². The van der Waals surface area contributed by atoms with Crippen molar-refractivity contribution in [2.24, 2.45) is 0 Å². The van der Waals surface area contributed by atoms with Crippen molar-refractivity contribution in [2.75, 3.05) is 34.9 Å². The Bertz CT molecular complexity index is 657. The van der Waals surface area contributed by atoms with E-state index in [1.807, 2.05) is 24.3 Å². The summed E-state index contributed by atoms with van der Waals surface area (Å²) in [5.41, 5.74) is 2.20. The van der Waals surface area contributed by atoms with Gasteiger partial charge in [0.25, 0.3) is 0 Å². The van der Waals surface area contributed by atoms with Crippen LogP contribution < -0.4 is 9.47 Å². The predicted octanol–water partition coefficient (Wildman–Crippen LogP) is 4.09. The molecule has 0 fully saturated rings. The van der Waals surface area contributed by atoms with Crippen molar-refractivity contribution in [1.82, 2.24) is 4.90 Å². The Morgan fingerprint density at radius 1 is 0.920 bits per heavy atom. The third-order valence-electron chi connectivity index (χ3n) is 4.81. The summed E-state index contributed by atoms with van der Waals surface area (Å²) in [5, 5.41) is 0. The van der Waals surface area contributed by atoms with Crippen molar-refractivity contribution < 1.29 is 14.2 Å². The number of ether oxygens (including phenoxy) is 3. The fraction of sp³-hybridized carbons (Fsp3) is 0.429. The largest absolute Gasteiger partial charge is 0.493 e. The zero-order chi connectivity index (χ0) is 18.3. The molecule has 2 rings (SSSR count). The Morgan fingerprint density at radius 2 is 1.60 bits per heavy atom. The fourth-order valence-electron chi connectivity index (χ4n) is 3.15. The Balaban J connectivity index is 2.12. The SMILES string of the molecule is CCC(COCc1ccc(OC)c(OC)c1)(c1ccccc1)N(C)C. The third kappa shape index (κ3) is 4.33. The number of hydrogen-bond donors (Lipinski definition) is 0. The minimum atomic E-state index is -0.141. The van der Waals surface area contributed by atoms with Crippen molar-refractivity contribution in [3.63, 3.8) is 0 Å². The quantitative estimate of drug-likeness (QED) is 0.686. The van der Waals surface area contributed by atoms with Crippen LogP contribution in [0.1, 0.15) is 24.5 Å². The molecule has 0 saturated carbocycles. The molecule has 0 bridgehead atoms. The van der Waals surface area contributed by atoms with Crippen LogP contribution in [0.5, 0.6) is 11.5 Å². The van der Waals surface area contributed by atoms with E-state index < -0.39 is 0 Å². The second kappa shape index (κ2) is 8.88. The van der Waals surface area contributed by atoms with Crippen molar-refractivity contribution in [3.8, 4) is 11.5 Å². The number of rotatable bonds is 9. The Kier molecular flexibility index (Phi) is 6.85. The van der Waals surface area contributed by atoms with E-state index in [0.29, 0.717) is 13.2 Å². The van der Waals surface area contributed by atoms with E-state index >= 15 is 0 Å².